The molecule has 2 aromatic rings. The lowest BCUT2D eigenvalue weighted by Gasteiger charge is -2.23. The van der Waals surface area contributed by atoms with Crippen LogP contribution in [0.3, 0.4) is 0 Å². The van der Waals surface area contributed by atoms with Crippen molar-refractivity contribution in [3.63, 3.8) is 0 Å². The summed E-state index contributed by atoms with van der Waals surface area (Å²) in [6.45, 7) is 0. The lowest BCUT2D eigenvalue weighted by Crippen LogP contribution is -2.48. The molecule has 1 aromatic carbocycles. The molecule has 0 radical (unpaired) electrons. The minimum absolute atomic E-state index is 0.199. The van der Waals surface area contributed by atoms with E-state index in [9.17, 15) is 9.59 Å². The van der Waals surface area contributed by atoms with Crippen LogP contribution in [-0.4, -0.2) is 21.7 Å². The molecule has 1 saturated heterocycles. The number of fused-ring (bicyclic) bond motifs is 1. The minimum atomic E-state index is -0.199. The highest BCUT2D eigenvalue weighted by molar-refractivity contribution is 9.10. The van der Waals surface area contributed by atoms with Crippen molar-refractivity contribution in [2.45, 2.75) is 19.3 Å². The maximum absolute atomic E-state index is 11.8. The fraction of sp³-hybridized carbons (Fsp3) is 0.250. The third-order valence-corrected chi connectivity index (χ3v) is 3.63. The largest absolute Gasteiger partial charge is 0.272 e. The molecule has 1 fully saturated rings. The van der Waals surface area contributed by atoms with Gasteiger partial charge < -0.3 is 0 Å². The molecule has 0 bridgehead atoms. The molecule has 5 nitrogen and oxygen atoms in total. The predicted molar refractivity (Wildman–Crippen MR) is 69.5 cm³/mol. The maximum Gasteiger partial charge on any atom is 0.249 e. The first-order valence-corrected chi connectivity index (χ1v) is 6.46. The van der Waals surface area contributed by atoms with E-state index in [0.29, 0.717) is 19.3 Å². The van der Waals surface area contributed by atoms with Gasteiger partial charge in [0.05, 0.1) is 11.7 Å². The molecular weight excluding hydrogens is 298 g/mol. The Balaban J connectivity index is 2.11. The van der Waals surface area contributed by atoms with E-state index in [4.69, 9.17) is 0 Å². The number of rotatable bonds is 1. The lowest BCUT2D eigenvalue weighted by atomic mass is 10.1. The van der Waals surface area contributed by atoms with Crippen LogP contribution in [0.2, 0.25) is 0 Å². The Hall–Kier alpha value is -1.69. The predicted octanol–water partition coefficient (Wildman–Crippen LogP) is 1.97. The number of nitrogens with zero attached hydrogens (tertiary/aromatic N) is 3. The maximum atomic E-state index is 11.8. The molecule has 2 amide bonds. The molecule has 0 N–H and O–H groups in total. The van der Waals surface area contributed by atoms with Crippen LogP contribution in [-0.2, 0) is 9.59 Å². The van der Waals surface area contributed by atoms with E-state index in [1.165, 1.54) is 4.79 Å². The number of hydrogen-bond donors (Lipinski definition) is 0. The molecule has 1 aromatic heterocycles. The van der Waals surface area contributed by atoms with E-state index in [2.05, 4.69) is 21.0 Å². The van der Waals surface area contributed by atoms with Crippen LogP contribution in [0.15, 0.2) is 28.9 Å². The fourth-order valence-electron chi connectivity index (χ4n) is 2.07. The molecule has 18 heavy (non-hydrogen) atoms. The van der Waals surface area contributed by atoms with Gasteiger partial charge in [0.25, 0.3) is 0 Å². The second kappa shape index (κ2) is 4.20. The summed E-state index contributed by atoms with van der Waals surface area (Å²) in [6, 6.07) is 5.60. The Morgan fingerprint density at radius 2 is 1.89 bits per heavy atom. The van der Waals surface area contributed by atoms with Crippen molar-refractivity contribution in [3.8, 4) is 0 Å². The number of aromatic nitrogens is 2. The summed E-state index contributed by atoms with van der Waals surface area (Å²) >= 11 is 3.42. The number of benzene rings is 1. The molecule has 0 unspecified atom stereocenters. The van der Waals surface area contributed by atoms with E-state index in [1.807, 2.05) is 18.2 Å². The third kappa shape index (κ3) is 1.73. The van der Waals surface area contributed by atoms with E-state index in [0.717, 1.165) is 20.4 Å². The highest BCUT2D eigenvalue weighted by atomic mass is 79.9. The van der Waals surface area contributed by atoms with Gasteiger partial charge in [-0.1, -0.05) is 22.0 Å². The molecule has 6 heteroatoms. The zero-order valence-electron chi connectivity index (χ0n) is 9.47. The second-order valence-corrected chi connectivity index (χ2v) is 5.03. The summed E-state index contributed by atoms with van der Waals surface area (Å²) < 4.78 is 0.892. The van der Waals surface area contributed by atoms with Gasteiger partial charge in [-0.2, -0.15) is 14.9 Å². The molecule has 1 aliphatic heterocycles. The van der Waals surface area contributed by atoms with Gasteiger partial charge in [0.15, 0.2) is 0 Å². The number of carbonyl (C=O) groups excluding carboxylic acids is 2. The normalized spacial score (nSPS) is 16.6. The molecule has 0 saturated carbocycles. The van der Waals surface area contributed by atoms with Crippen molar-refractivity contribution in [1.82, 2.24) is 9.89 Å². The van der Waals surface area contributed by atoms with Crippen LogP contribution in [0.5, 0.6) is 0 Å². The molecule has 1 aliphatic rings. The lowest BCUT2D eigenvalue weighted by molar-refractivity contribution is -0.131. The van der Waals surface area contributed by atoms with Crippen molar-refractivity contribution >= 4 is 38.6 Å². The van der Waals surface area contributed by atoms with Gasteiger partial charge in [-0.3, -0.25) is 9.59 Å². The summed E-state index contributed by atoms with van der Waals surface area (Å²) in [4.78, 5) is 24.9. The monoisotopic (exact) mass is 307 g/mol. The van der Waals surface area contributed by atoms with Gasteiger partial charge in [0.2, 0.25) is 11.8 Å². The zero-order valence-corrected chi connectivity index (χ0v) is 11.1. The highest BCUT2D eigenvalue weighted by Gasteiger charge is 2.28. The van der Waals surface area contributed by atoms with Gasteiger partial charge in [0, 0.05) is 22.7 Å². The first-order valence-electron chi connectivity index (χ1n) is 5.67. The summed E-state index contributed by atoms with van der Waals surface area (Å²) in [6.07, 6.45) is 3.10. The second-order valence-electron chi connectivity index (χ2n) is 4.17. The van der Waals surface area contributed by atoms with Crippen LogP contribution in [0, 0.1) is 0 Å². The minimum Gasteiger partial charge on any atom is -0.272 e. The first kappa shape index (κ1) is 11.4. The van der Waals surface area contributed by atoms with Gasteiger partial charge in [-0.25, -0.2) is 0 Å². The van der Waals surface area contributed by atoms with Crippen molar-refractivity contribution in [1.29, 1.82) is 0 Å². The van der Waals surface area contributed by atoms with Crippen molar-refractivity contribution < 1.29 is 9.59 Å². The smallest absolute Gasteiger partial charge is 0.249 e. The molecular formula is C12H10BrN3O2. The number of halogens is 1. The van der Waals surface area contributed by atoms with Crippen LogP contribution in [0.4, 0.5) is 0 Å². The van der Waals surface area contributed by atoms with Crippen molar-refractivity contribution in [2.24, 2.45) is 0 Å². The standard InChI is InChI=1S/C12H10BrN3O2/c13-9-3-1-4-10-8(9)7-15(14-10)16-11(17)5-2-6-12(16)18/h1,3-4,7H,2,5-6H2. The zero-order chi connectivity index (χ0) is 12.7. The number of carbonyl (C=O) groups is 2. The van der Waals surface area contributed by atoms with Crippen LogP contribution >= 0.6 is 15.9 Å². The van der Waals surface area contributed by atoms with E-state index in [-0.39, 0.29) is 11.8 Å². The Morgan fingerprint density at radius 3 is 2.56 bits per heavy atom. The SMILES string of the molecule is O=C1CCCC(=O)N1n1cc2c(Br)cccc2n1. The average Bonchev–Trinajstić information content (AvgIpc) is 2.74. The van der Waals surface area contributed by atoms with Crippen LogP contribution in [0.25, 0.3) is 10.9 Å². The Kier molecular flexibility index (Phi) is 2.66. The third-order valence-electron chi connectivity index (χ3n) is 2.94. The van der Waals surface area contributed by atoms with Gasteiger partial charge >= 0.3 is 0 Å². The highest BCUT2D eigenvalue weighted by Crippen LogP contribution is 2.23. The number of imide groups is 1. The van der Waals surface area contributed by atoms with Gasteiger partial charge in [0.1, 0.15) is 0 Å². The van der Waals surface area contributed by atoms with E-state index < -0.39 is 0 Å². The van der Waals surface area contributed by atoms with E-state index in [1.54, 1.807) is 6.20 Å². The molecule has 0 atom stereocenters. The Bertz CT molecular complexity index is 634. The number of amides is 2. The topological polar surface area (TPSA) is 55.2 Å². The van der Waals surface area contributed by atoms with Crippen molar-refractivity contribution in [2.75, 3.05) is 5.01 Å². The van der Waals surface area contributed by atoms with E-state index >= 15 is 0 Å². The van der Waals surface area contributed by atoms with Crippen molar-refractivity contribution in [3.05, 3.63) is 28.9 Å². The molecule has 0 spiro atoms. The molecule has 0 aliphatic carbocycles. The number of piperidine rings is 1. The van der Waals surface area contributed by atoms with Gasteiger partial charge in [-0.05, 0) is 18.6 Å². The quantitative estimate of drug-likeness (QED) is 0.757. The fourth-order valence-corrected chi connectivity index (χ4v) is 2.53. The summed E-state index contributed by atoms with van der Waals surface area (Å²) in [5, 5.41) is 6.27. The van der Waals surface area contributed by atoms with Crippen LogP contribution in [0.1, 0.15) is 19.3 Å². The summed E-state index contributed by atoms with van der Waals surface area (Å²) in [5.41, 5.74) is 0.746. The average molecular weight is 308 g/mol. The number of hydrogen-bond acceptors (Lipinski definition) is 3. The summed E-state index contributed by atoms with van der Waals surface area (Å²) in [7, 11) is 0. The molecule has 2 heterocycles. The van der Waals surface area contributed by atoms with Gasteiger partial charge in [-0.15, -0.1) is 0 Å². The Labute approximate surface area is 111 Å². The molecule has 3 rings (SSSR count). The Morgan fingerprint density at radius 1 is 1.17 bits per heavy atom. The van der Waals surface area contributed by atoms with Crippen LogP contribution < -0.4 is 5.01 Å². The molecule has 92 valence electrons. The summed E-state index contributed by atoms with van der Waals surface area (Å²) in [5.74, 6) is -0.398. The first-order chi connectivity index (χ1) is 8.66.